The summed E-state index contributed by atoms with van der Waals surface area (Å²) in [7, 11) is 0. The monoisotopic (exact) mass is 402 g/mol. The molecule has 9 heteroatoms. The Balaban J connectivity index is 1.45. The zero-order valence-corrected chi connectivity index (χ0v) is 15.2. The van der Waals surface area contributed by atoms with E-state index in [-0.39, 0.29) is 19.2 Å². The number of hydrogen-bond donors (Lipinski definition) is 1. The fourth-order valence-corrected chi connectivity index (χ4v) is 2.71. The van der Waals surface area contributed by atoms with Crippen molar-refractivity contribution in [3.8, 4) is 17.0 Å². The van der Waals surface area contributed by atoms with Gasteiger partial charge in [-0.2, -0.15) is 18.2 Å². The molecule has 3 heterocycles. The maximum absolute atomic E-state index is 13.2. The zero-order chi connectivity index (χ0) is 20.3. The number of halogens is 3. The van der Waals surface area contributed by atoms with E-state index in [4.69, 9.17) is 9.47 Å². The van der Waals surface area contributed by atoms with Crippen LogP contribution in [0.25, 0.3) is 11.1 Å². The van der Waals surface area contributed by atoms with Crippen molar-refractivity contribution in [3.05, 3.63) is 66.1 Å². The Hall–Kier alpha value is -3.20. The number of benzene rings is 1. The first-order valence-electron chi connectivity index (χ1n) is 8.91. The lowest BCUT2D eigenvalue weighted by molar-refractivity contribution is -0.142. The van der Waals surface area contributed by atoms with Gasteiger partial charge in [-0.05, 0) is 22.8 Å². The predicted molar refractivity (Wildman–Crippen MR) is 99.3 cm³/mol. The van der Waals surface area contributed by atoms with Crippen molar-refractivity contribution >= 4 is 5.95 Å². The summed E-state index contributed by atoms with van der Waals surface area (Å²) in [5.41, 5.74) is 1.94. The number of alkyl halides is 3. The van der Waals surface area contributed by atoms with Gasteiger partial charge in [-0.1, -0.05) is 30.3 Å². The van der Waals surface area contributed by atoms with E-state index < -0.39 is 23.7 Å². The van der Waals surface area contributed by atoms with E-state index in [1.54, 1.807) is 12.4 Å². The highest BCUT2D eigenvalue weighted by Gasteiger charge is 2.37. The third kappa shape index (κ3) is 4.62. The summed E-state index contributed by atoms with van der Waals surface area (Å²) >= 11 is 0. The summed E-state index contributed by atoms with van der Waals surface area (Å²) in [4.78, 5) is 11.8. The Morgan fingerprint density at radius 1 is 1.07 bits per heavy atom. The molecule has 3 aromatic rings. The molecule has 0 amide bonds. The largest absolute Gasteiger partial charge is 0.469 e. The Kier molecular flexibility index (Phi) is 5.30. The van der Waals surface area contributed by atoms with Crippen LogP contribution >= 0.6 is 0 Å². The van der Waals surface area contributed by atoms with Gasteiger partial charge < -0.3 is 14.8 Å². The van der Waals surface area contributed by atoms with Crippen molar-refractivity contribution in [1.82, 2.24) is 15.0 Å². The second-order valence-electron chi connectivity index (χ2n) is 6.48. The molecular weight excluding hydrogens is 385 g/mol. The fourth-order valence-electron chi connectivity index (χ4n) is 2.71. The summed E-state index contributed by atoms with van der Waals surface area (Å²) in [6, 6.07) is 11.6. The summed E-state index contributed by atoms with van der Waals surface area (Å²) in [6.45, 7) is 0.839. The molecule has 0 radical (unpaired) electrons. The van der Waals surface area contributed by atoms with Crippen molar-refractivity contribution in [2.75, 3.05) is 18.5 Å². The highest BCUT2D eigenvalue weighted by atomic mass is 19.4. The molecule has 1 aliphatic heterocycles. The van der Waals surface area contributed by atoms with E-state index in [0.717, 1.165) is 22.9 Å². The number of pyridine rings is 1. The molecule has 0 aliphatic carbocycles. The Labute approximate surface area is 164 Å². The van der Waals surface area contributed by atoms with E-state index >= 15 is 0 Å². The van der Waals surface area contributed by atoms with E-state index in [1.165, 1.54) is 0 Å². The number of nitrogens with zero attached hydrogens (tertiary/aromatic N) is 3. The van der Waals surface area contributed by atoms with Gasteiger partial charge in [0.15, 0.2) is 0 Å². The average molecular weight is 402 g/mol. The molecule has 0 atom stereocenters. The van der Waals surface area contributed by atoms with Gasteiger partial charge in [-0.25, -0.2) is 4.98 Å². The van der Waals surface area contributed by atoms with Crippen LogP contribution in [0.5, 0.6) is 5.88 Å². The lowest BCUT2D eigenvalue weighted by Gasteiger charge is -2.27. The first-order chi connectivity index (χ1) is 14.0. The van der Waals surface area contributed by atoms with Crippen LogP contribution in [0.3, 0.4) is 0 Å². The SMILES string of the molecule is FC(F)(F)c1cnc(NCc2ccc(-c3cccnc3)cc2)nc1OC1COC1. The normalized spacial score (nSPS) is 14.3. The topological polar surface area (TPSA) is 69.2 Å². The number of ether oxygens (including phenoxy) is 2. The summed E-state index contributed by atoms with van der Waals surface area (Å²) in [5.74, 6) is -0.431. The van der Waals surface area contributed by atoms with E-state index in [1.807, 2.05) is 36.4 Å². The van der Waals surface area contributed by atoms with E-state index in [2.05, 4.69) is 20.3 Å². The lowest BCUT2D eigenvalue weighted by atomic mass is 10.1. The minimum Gasteiger partial charge on any atom is -0.469 e. The molecule has 150 valence electrons. The minimum atomic E-state index is -4.60. The number of nitrogens with one attached hydrogen (secondary N) is 1. The standard InChI is InChI=1S/C20H17F3N4O2/c21-20(22,23)17-10-26-19(27-18(17)29-16-11-28-12-16)25-8-13-3-5-14(6-4-13)15-2-1-7-24-9-15/h1-7,9-10,16H,8,11-12H2,(H,25,26,27). The van der Waals surface area contributed by atoms with Crippen molar-refractivity contribution in [2.24, 2.45) is 0 Å². The van der Waals surface area contributed by atoms with Crippen LogP contribution < -0.4 is 10.1 Å². The molecule has 0 unspecified atom stereocenters. The molecule has 0 spiro atoms. The van der Waals surface area contributed by atoms with Crippen LogP contribution in [0.2, 0.25) is 0 Å². The molecular formula is C20H17F3N4O2. The van der Waals surface area contributed by atoms with Gasteiger partial charge in [-0.3, -0.25) is 4.98 Å². The third-order valence-electron chi connectivity index (χ3n) is 4.34. The maximum Gasteiger partial charge on any atom is 0.423 e. The zero-order valence-electron chi connectivity index (χ0n) is 15.2. The van der Waals surface area contributed by atoms with Crippen LogP contribution in [-0.2, 0) is 17.5 Å². The molecule has 0 saturated carbocycles. The van der Waals surface area contributed by atoms with E-state index in [0.29, 0.717) is 6.54 Å². The van der Waals surface area contributed by atoms with Crippen molar-refractivity contribution in [3.63, 3.8) is 0 Å². The van der Waals surface area contributed by atoms with Gasteiger partial charge in [0.25, 0.3) is 0 Å². The van der Waals surface area contributed by atoms with Crippen molar-refractivity contribution < 1.29 is 22.6 Å². The van der Waals surface area contributed by atoms with Gasteiger partial charge in [0.2, 0.25) is 11.8 Å². The first-order valence-corrected chi connectivity index (χ1v) is 8.91. The second kappa shape index (κ2) is 8.04. The highest BCUT2D eigenvalue weighted by Crippen LogP contribution is 2.35. The summed E-state index contributed by atoms with van der Waals surface area (Å²) in [6.07, 6.45) is -0.810. The molecule has 1 aromatic carbocycles. The van der Waals surface area contributed by atoms with Gasteiger partial charge in [0.1, 0.15) is 11.7 Å². The number of rotatable bonds is 6. The molecule has 4 rings (SSSR count). The van der Waals surface area contributed by atoms with Gasteiger partial charge in [-0.15, -0.1) is 0 Å². The first kappa shape index (κ1) is 19.1. The van der Waals surface area contributed by atoms with Crippen LogP contribution in [0, 0.1) is 0 Å². The number of aromatic nitrogens is 3. The molecule has 0 bridgehead atoms. The lowest BCUT2D eigenvalue weighted by Crippen LogP contribution is -2.39. The Morgan fingerprint density at radius 2 is 1.86 bits per heavy atom. The average Bonchev–Trinajstić information content (AvgIpc) is 2.69. The summed E-state index contributed by atoms with van der Waals surface area (Å²) in [5, 5.41) is 2.94. The molecule has 29 heavy (non-hydrogen) atoms. The quantitative estimate of drug-likeness (QED) is 0.674. The van der Waals surface area contributed by atoms with E-state index in [9.17, 15) is 13.2 Å². The molecule has 1 saturated heterocycles. The van der Waals surface area contributed by atoms with Crippen molar-refractivity contribution in [2.45, 2.75) is 18.8 Å². The van der Waals surface area contributed by atoms with Crippen LogP contribution in [0.15, 0.2) is 55.0 Å². The van der Waals surface area contributed by atoms with Crippen LogP contribution in [0.4, 0.5) is 19.1 Å². The van der Waals surface area contributed by atoms with Gasteiger partial charge in [0.05, 0.1) is 13.2 Å². The molecule has 1 aliphatic rings. The highest BCUT2D eigenvalue weighted by molar-refractivity contribution is 5.62. The smallest absolute Gasteiger partial charge is 0.423 e. The maximum atomic E-state index is 13.2. The van der Waals surface area contributed by atoms with Crippen molar-refractivity contribution in [1.29, 1.82) is 0 Å². The van der Waals surface area contributed by atoms with Crippen LogP contribution in [-0.4, -0.2) is 34.3 Å². The summed E-state index contributed by atoms with van der Waals surface area (Å²) < 4.78 is 49.8. The molecule has 6 nitrogen and oxygen atoms in total. The molecule has 1 fully saturated rings. The Bertz CT molecular complexity index is 962. The predicted octanol–water partition coefficient (Wildman–Crippen LogP) is 3.95. The third-order valence-corrected chi connectivity index (χ3v) is 4.34. The van der Waals surface area contributed by atoms with Crippen LogP contribution in [0.1, 0.15) is 11.1 Å². The number of hydrogen-bond acceptors (Lipinski definition) is 6. The van der Waals surface area contributed by atoms with Gasteiger partial charge >= 0.3 is 6.18 Å². The second-order valence-corrected chi connectivity index (χ2v) is 6.48. The minimum absolute atomic E-state index is 0.0598. The molecule has 2 aromatic heterocycles. The fraction of sp³-hybridized carbons (Fsp3) is 0.250. The Morgan fingerprint density at radius 3 is 2.48 bits per heavy atom. The number of anilines is 1. The molecule has 1 N–H and O–H groups in total. The van der Waals surface area contributed by atoms with Gasteiger partial charge in [0, 0.05) is 25.1 Å².